The highest BCUT2D eigenvalue weighted by Crippen LogP contribution is 2.37. The summed E-state index contributed by atoms with van der Waals surface area (Å²) in [4.78, 5) is 13.5. The number of ether oxygens (including phenoxy) is 1. The van der Waals surface area contributed by atoms with Gasteiger partial charge in [0.1, 0.15) is 0 Å². The minimum absolute atomic E-state index is 0.166. The number of morpholine rings is 1. The number of amides is 1. The Balaban J connectivity index is 1.58. The number of hydrogen-bond acceptors (Lipinski definition) is 4. The summed E-state index contributed by atoms with van der Waals surface area (Å²) in [5.41, 5.74) is 7.93. The fourth-order valence-corrected chi connectivity index (χ4v) is 9.98. The van der Waals surface area contributed by atoms with E-state index in [1.54, 1.807) is 0 Å². The first-order chi connectivity index (χ1) is 17.7. The van der Waals surface area contributed by atoms with Gasteiger partial charge in [-0.15, -0.1) is 0 Å². The largest absolute Gasteiger partial charge is 0.465 e. The molecule has 1 unspecified atom stereocenters. The minimum atomic E-state index is -2.75. The molecule has 1 fully saturated rings. The summed E-state index contributed by atoms with van der Waals surface area (Å²) >= 11 is 0. The molecular weight excluding hydrogens is 480 g/mol. The van der Waals surface area contributed by atoms with Crippen molar-refractivity contribution in [1.82, 2.24) is 4.90 Å². The fourth-order valence-electron chi connectivity index (χ4n) is 5.39. The van der Waals surface area contributed by atoms with Crippen molar-refractivity contribution in [2.75, 3.05) is 25.4 Å². The first-order valence-electron chi connectivity index (χ1n) is 12.9. The Bertz CT molecular complexity index is 1130. The van der Waals surface area contributed by atoms with E-state index in [0.717, 1.165) is 17.7 Å². The molecule has 1 amide bonds. The maximum atomic E-state index is 12.0. The molecule has 0 spiro atoms. The molecule has 1 saturated heterocycles. The number of nitrogens with zero attached hydrogens (tertiary/aromatic N) is 1. The Morgan fingerprint density at radius 2 is 1.49 bits per heavy atom. The molecular formula is C30H38N2O4Si. The van der Waals surface area contributed by atoms with Crippen molar-refractivity contribution in [2.45, 2.75) is 50.9 Å². The fraction of sp³-hybridized carbons (Fsp3) is 0.367. The van der Waals surface area contributed by atoms with Gasteiger partial charge in [-0.25, -0.2) is 4.79 Å². The van der Waals surface area contributed by atoms with Crippen molar-refractivity contribution >= 4 is 30.5 Å². The molecule has 4 rings (SSSR count). The Labute approximate surface area is 221 Å². The van der Waals surface area contributed by atoms with Crippen LogP contribution in [0.5, 0.6) is 0 Å². The maximum Gasteiger partial charge on any atom is 0.407 e. The number of aryl methyl sites for hydroxylation is 1. The molecule has 3 N–H and O–H groups in total. The SMILES string of the molecule is CC(C)(C)[Si](OC[C@@H]1CN(C(=O)O)CC(CCc2ccccc2N)O1)(c1ccccc1)c1ccccc1. The molecule has 0 bridgehead atoms. The Kier molecular flexibility index (Phi) is 8.37. The van der Waals surface area contributed by atoms with Crippen LogP contribution in [-0.4, -0.2) is 56.3 Å². The second-order valence-corrected chi connectivity index (χ2v) is 15.1. The van der Waals surface area contributed by atoms with Crippen LogP contribution in [0.25, 0.3) is 0 Å². The van der Waals surface area contributed by atoms with E-state index in [1.807, 2.05) is 36.4 Å². The molecule has 1 heterocycles. The zero-order chi connectivity index (χ0) is 26.5. The molecule has 37 heavy (non-hydrogen) atoms. The van der Waals surface area contributed by atoms with E-state index in [2.05, 4.69) is 69.3 Å². The second kappa shape index (κ2) is 11.5. The molecule has 1 aliphatic rings. The average Bonchev–Trinajstić information content (AvgIpc) is 2.89. The molecule has 0 saturated carbocycles. The van der Waals surface area contributed by atoms with Gasteiger partial charge in [0, 0.05) is 5.69 Å². The van der Waals surface area contributed by atoms with Crippen molar-refractivity contribution in [1.29, 1.82) is 0 Å². The summed E-state index contributed by atoms with van der Waals surface area (Å²) in [5, 5.41) is 12.1. The van der Waals surface area contributed by atoms with Crippen LogP contribution < -0.4 is 16.1 Å². The third kappa shape index (κ3) is 6.06. The monoisotopic (exact) mass is 518 g/mol. The van der Waals surface area contributed by atoms with Gasteiger partial charge in [-0.05, 0) is 39.9 Å². The molecule has 6 nitrogen and oxygen atoms in total. The van der Waals surface area contributed by atoms with Crippen molar-refractivity contribution in [2.24, 2.45) is 0 Å². The standard InChI is InChI=1S/C30H38N2O4Si/c1-30(2,3)37(26-13-6-4-7-14-26,27-15-8-5-9-16-27)35-22-25-21-32(29(33)34)20-24(36-25)19-18-23-12-10-11-17-28(23)31/h4-17,24-25H,18-22,31H2,1-3H3,(H,33,34)/t24?,25-/m0/s1. The Morgan fingerprint density at radius 1 is 0.946 bits per heavy atom. The summed E-state index contributed by atoms with van der Waals surface area (Å²) in [5.74, 6) is 0. The first kappa shape index (κ1) is 26.9. The van der Waals surface area contributed by atoms with E-state index >= 15 is 0 Å². The maximum absolute atomic E-state index is 12.0. The normalized spacial score (nSPS) is 18.5. The Hall–Kier alpha value is -3.13. The molecule has 1 aliphatic heterocycles. The third-order valence-corrected chi connectivity index (χ3v) is 12.2. The summed E-state index contributed by atoms with van der Waals surface area (Å²) in [7, 11) is -2.75. The van der Waals surface area contributed by atoms with Crippen LogP contribution in [0.1, 0.15) is 32.8 Å². The van der Waals surface area contributed by atoms with Gasteiger partial charge in [-0.2, -0.15) is 0 Å². The smallest absolute Gasteiger partial charge is 0.407 e. The molecule has 7 heteroatoms. The van der Waals surface area contributed by atoms with Gasteiger partial charge in [-0.1, -0.05) is 99.6 Å². The highest BCUT2D eigenvalue weighted by Gasteiger charge is 2.50. The van der Waals surface area contributed by atoms with Crippen LogP contribution >= 0.6 is 0 Å². The van der Waals surface area contributed by atoms with Crippen LogP contribution in [0, 0.1) is 0 Å². The van der Waals surface area contributed by atoms with E-state index in [1.165, 1.54) is 15.3 Å². The van der Waals surface area contributed by atoms with Gasteiger partial charge in [0.05, 0.1) is 31.9 Å². The molecule has 196 valence electrons. The number of benzene rings is 3. The van der Waals surface area contributed by atoms with Gasteiger partial charge in [0.25, 0.3) is 8.32 Å². The number of hydrogen-bond donors (Lipinski definition) is 2. The molecule has 0 aliphatic carbocycles. The van der Waals surface area contributed by atoms with E-state index in [0.29, 0.717) is 19.6 Å². The lowest BCUT2D eigenvalue weighted by molar-refractivity contribution is -0.0949. The molecule has 2 atom stereocenters. The van der Waals surface area contributed by atoms with Crippen molar-refractivity contribution < 1.29 is 19.1 Å². The lowest BCUT2D eigenvalue weighted by Gasteiger charge is -2.45. The summed E-state index contributed by atoms with van der Waals surface area (Å²) < 4.78 is 13.5. The lowest BCUT2D eigenvalue weighted by Crippen LogP contribution is -2.67. The molecule has 0 radical (unpaired) electrons. The number of nitrogens with two attached hydrogens (primary N) is 1. The predicted molar refractivity (Wildman–Crippen MR) is 151 cm³/mol. The summed E-state index contributed by atoms with van der Waals surface area (Å²) in [6.45, 7) is 7.66. The first-order valence-corrected chi connectivity index (χ1v) is 14.8. The van der Waals surface area contributed by atoms with Crippen molar-refractivity contribution in [3.8, 4) is 0 Å². The van der Waals surface area contributed by atoms with Gasteiger partial charge >= 0.3 is 6.09 Å². The highest BCUT2D eigenvalue weighted by atomic mass is 28.4. The topological polar surface area (TPSA) is 85.0 Å². The molecule has 0 aromatic heterocycles. The average molecular weight is 519 g/mol. The van der Waals surface area contributed by atoms with Gasteiger partial charge in [0.15, 0.2) is 0 Å². The van der Waals surface area contributed by atoms with Gasteiger partial charge < -0.3 is 24.9 Å². The van der Waals surface area contributed by atoms with E-state index < -0.39 is 14.4 Å². The number of rotatable bonds is 8. The van der Waals surface area contributed by atoms with Gasteiger partial charge in [0.2, 0.25) is 0 Å². The number of carbonyl (C=O) groups is 1. The minimum Gasteiger partial charge on any atom is -0.465 e. The molecule has 3 aromatic rings. The van der Waals surface area contributed by atoms with Crippen LogP contribution in [0.2, 0.25) is 5.04 Å². The van der Waals surface area contributed by atoms with Gasteiger partial charge in [-0.3, -0.25) is 0 Å². The number of carboxylic acid groups (broad SMARTS) is 1. The van der Waals surface area contributed by atoms with Crippen molar-refractivity contribution in [3.05, 3.63) is 90.5 Å². The van der Waals surface area contributed by atoms with E-state index in [4.69, 9.17) is 14.9 Å². The van der Waals surface area contributed by atoms with E-state index in [-0.39, 0.29) is 23.8 Å². The van der Waals surface area contributed by atoms with Crippen LogP contribution in [-0.2, 0) is 15.6 Å². The summed E-state index contributed by atoms with van der Waals surface area (Å²) in [6, 6.07) is 28.7. The van der Waals surface area contributed by atoms with Crippen LogP contribution in [0.3, 0.4) is 0 Å². The van der Waals surface area contributed by atoms with Crippen LogP contribution in [0.4, 0.5) is 10.5 Å². The van der Waals surface area contributed by atoms with E-state index in [9.17, 15) is 9.90 Å². The number of nitrogen functional groups attached to an aromatic ring is 1. The quantitative estimate of drug-likeness (QED) is 0.338. The van der Waals surface area contributed by atoms with Crippen LogP contribution in [0.15, 0.2) is 84.9 Å². The second-order valence-electron chi connectivity index (χ2n) is 10.8. The zero-order valence-corrected chi connectivity index (χ0v) is 23.0. The highest BCUT2D eigenvalue weighted by molar-refractivity contribution is 6.99. The number of anilines is 1. The lowest BCUT2D eigenvalue weighted by atomic mass is 10.0. The summed E-state index contributed by atoms with van der Waals surface area (Å²) in [6.07, 6.45) is -0.0920. The predicted octanol–water partition coefficient (Wildman–Crippen LogP) is 4.53. The number of para-hydroxylation sites is 1. The molecule has 3 aromatic carbocycles. The zero-order valence-electron chi connectivity index (χ0n) is 22.0. The Morgan fingerprint density at radius 3 is 2.03 bits per heavy atom. The third-order valence-electron chi connectivity index (χ3n) is 7.20. The van der Waals surface area contributed by atoms with Crippen molar-refractivity contribution in [3.63, 3.8) is 0 Å².